The quantitative estimate of drug-likeness (QED) is 0.732. The van der Waals surface area contributed by atoms with E-state index in [1.807, 2.05) is 42.6 Å². The van der Waals surface area contributed by atoms with Crippen molar-refractivity contribution in [2.24, 2.45) is 0 Å². The van der Waals surface area contributed by atoms with E-state index in [9.17, 15) is 9.59 Å². The number of nitrogens with one attached hydrogen (secondary N) is 1. The van der Waals surface area contributed by atoms with Crippen LogP contribution in [0.15, 0.2) is 35.7 Å². The third-order valence-corrected chi connectivity index (χ3v) is 6.54. The van der Waals surface area contributed by atoms with E-state index in [0.717, 1.165) is 38.9 Å². The van der Waals surface area contributed by atoms with Gasteiger partial charge in [-0.25, -0.2) is 4.98 Å². The molecule has 0 aliphatic carbocycles. The Balaban J connectivity index is 1.55. The molecule has 0 saturated heterocycles. The molecule has 0 unspecified atom stereocenters. The van der Waals surface area contributed by atoms with E-state index in [0.29, 0.717) is 11.4 Å². The van der Waals surface area contributed by atoms with Crippen molar-refractivity contribution in [2.75, 3.05) is 16.8 Å². The zero-order valence-corrected chi connectivity index (χ0v) is 16.0. The number of thiophene rings is 1. The van der Waals surface area contributed by atoms with Crippen LogP contribution in [0.1, 0.15) is 27.9 Å². The van der Waals surface area contributed by atoms with Crippen LogP contribution in [0.5, 0.6) is 0 Å². The molecule has 26 heavy (non-hydrogen) atoms. The third-order valence-electron chi connectivity index (χ3n) is 4.35. The van der Waals surface area contributed by atoms with Gasteiger partial charge in [-0.2, -0.15) is 0 Å². The summed E-state index contributed by atoms with van der Waals surface area (Å²) >= 11 is 3.02. The van der Waals surface area contributed by atoms with Crippen molar-refractivity contribution in [3.63, 3.8) is 0 Å². The Morgan fingerprint density at radius 2 is 2.12 bits per heavy atom. The first-order valence-corrected chi connectivity index (χ1v) is 9.96. The summed E-state index contributed by atoms with van der Waals surface area (Å²) in [4.78, 5) is 32.3. The lowest BCUT2D eigenvalue weighted by atomic mass is 10.1. The monoisotopic (exact) mass is 383 g/mol. The highest BCUT2D eigenvalue weighted by molar-refractivity contribution is 7.22. The molecule has 0 saturated carbocycles. The van der Waals surface area contributed by atoms with Crippen LogP contribution in [-0.2, 0) is 11.2 Å². The van der Waals surface area contributed by atoms with Gasteiger partial charge in [-0.05, 0) is 48.6 Å². The van der Waals surface area contributed by atoms with Gasteiger partial charge < -0.3 is 10.2 Å². The number of hydrogen-bond acceptors (Lipinski definition) is 5. The van der Waals surface area contributed by atoms with Crippen molar-refractivity contribution in [1.82, 2.24) is 4.98 Å². The number of carbonyl (C=O) groups excluding carboxylic acids is 2. The largest absolute Gasteiger partial charge is 0.321 e. The number of hydrogen-bond donors (Lipinski definition) is 1. The number of anilines is 2. The first kappa shape index (κ1) is 16.9. The molecule has 1 aliphatic heterocycles. The summed E-state index contributed by atoms with van der Waals surface area (Å²) in [6.45, 7) is 4.12. The number of thiazole rings is 1. The van der Waals surface area contributed by atoms with E-state index >= 15 is 0 Å². The smallest absolute Gasteiger partial charge is 0.267 e. The fraction of sp³-hybridized carbons (Fsp3) is 0.211. The number of aryl methyl sites for hydroxylation is 1. The van der Waals surface area contributed by atoms with Crippen LogP contribution in [-0.4, -0.2) is 23.3 Å². The number of rotatable bonds is 3. The minimum atomic E-state index is -0.149. The molecule has 5 nitrogen and oxygen atoms in total. The summed E-state index contributed by atoms with van der Waals surface area (Å²) in [7, 11) is 0. The molecule has 2 amide bonds. The standard InChI is InChI=1S/C19H17N3O2S2/c1-11-17(26-19(20-11)16-4-3-9-25-16)18(24)21-14-5-6-15-13(10-14)7-8-22(15)12(2)23/h3-6,9-10H,7-8H2,1-2H3,(H,21,24). The lowest BCUT2D eigenvalue weighted by Gasteiger charge is -2.15. The molecule has 1 N–H and O–H groups in total. The first-order chi connectivity index (χ1) is 12.5. The molecule has 132 valence electrons. The Kier molecular flexibility index (Phi) is 4.34. The highest BCUT2D eigenvalue weighted by Crippen LogP contribution is 2.33. The molecule has 0 bridgehead atoms. The zero-order chi connectivity index (χ0) is 18.3. The van der Waals surface area contributed by atoms with Crippen LogP contribution in [0.3, 0.4) is 0 Å². The predicted molar refractivity (Wildman–Crippen MR) is 106 cm³/mol. The molecule has 0 radical (unpaired) electrons. The van der Waals surface area contributed by atoms with E-state index in [-0.39, 0.29) is 11.8 Å². The highest BCUT2D eigenvalue weighted by Gasteiger charge is 2.23. The third kappa shape index (κ3) is 3.04. The van der Waals surface area contributed by atoms with Crippen LogP contribution >= 0.6 is 22.7 Å². The number of nitrogens with zero attached hydrogens (tertiary/aromatic N) is 2. The molecule has 2 aromatic heterocycles. The molecule has 0 spiro atoms. The Bertz CT molecular complexity index is 992. The normalized spacial score (nSPS) is 12.9. The first-order valence-electron chi connectivity index (χ1n) is 8.26. The van der Waals surface area contributed by atoms with Crippen LogP contribution in [0.2, 0.25) is 0 Å². The van der Waals surface area contributed by atoms with Crippen LogP contribution in [0, 0.1) is 6.92 Å². The summed E-state index contributed by atoms with van der Waals surface area (Å²) in [6.07, 6.45) is 0.806. The fourth-order valence-electron chi connectivity index (χ4n) is 3.11. The molecule has 3 heterocycles. The van der Waals surface area contributed by atoms with Gasteiger partial charge in [0.25, 0.3) is 5.91 Å². The Morgan fingerprint density at radius 1 is 1.27 bits per heavy atom. The van der Waals surface area contributed by atoms with Gasteiger partial charge in [-0.3, -0.25) is 9.59 Å². The lowest BCUT2D eigenvalue weighted by molar-refractivity contribution is -0.116. The molecular formula is C19H17N3O2S2. The van der Waals surface area contributed by atoms with Gasteiger partial charge in [0, 0.05) is 24.8 Å². The summed E-state index contributed by atoms with van der Waals surface area (Å²) in [5.74, 6) is -0.105. The maximum absolute atomic E-state index is 12.7. The fourth-order valence-corrected chi connectivity index (χ4v) is 4.87. The maximum Gasteiger partial charge on any atom is 0.267 e. The van der Waals surface area contributed by atoms with E-state index in [2.05, 4.69) is 10.3 Å². The van der Waals surface area contributed by atoms with Crippen molar-refractivity contribution < 1.29 is 9.59 Å². The average Bonchev–Trinajstić information content (AvgIpc) is 3.33. The molecule has 1 aliphatic rings. The lowest BCUT2D eigenvalue weighted by Crippen LogP contribution is -2.25. The zero-order valence-electron chi connectivity index (χ0n) is 14.4. The Hall–Kier alpha value is -2.51. The second kappa shape index (κ2) is 6.66. The maximum atomic E-state index is 12.7. The number of fused-ring (bicyclic) bond motifs is 1. The number of benzene rings is 1. The second-order valence-corrected chi connectivity index (χ2v) is 8.08. The van der Waals surface area contributed by atoms with Crippen LogP contribution in [0.4, 0.5) is 11.4 Å². The number of carbonyl (C=O) groups is 2. The van der Waals surface area contributed by atoms with Crippen molar-refractivity contribution >= 4 is 45.9 Å². The van der Waals surface area contributed by atoms with Crippen molar-refractivity contribution in [3.8, 4) is 9.88 Å². The van der Waals surface area contributed by atoms with Crippen molar-refractivity contribution in [3.05, 3.63) is 51.8 Å². The van der Waals surface area contributed by atoms with E-state index < -0.39 is 0 Å². The SMILES string of the molecule is CC(=O)N1CCc2cc(NC(=O)c3sc(-c4cccs4)nc3C)ccc21. The highest BCUT2D eigenvalue weighted by atomic mass is 32.1. The summed E-state index contributed by atoms with van der Waals surface area (Å²) in [5.41, 5.74) is 3.49. The van der Waals surface area contributed by atoms with Gasteiger partial charge in [0.05, 0.1) is 10.6 Å². The van der Waals surface area contributed by atoms with Gasteiger partial charge in [0.1, 0.15) is 9.88 Å². The minimum Gasteiger partial charge on any atom is -0.321 e. The summed E-state index contributed by atoms with van der Waals surface area (Å²) in [6, 6.07) is 9.68. The minimum absolute atomic E-state index is 0.0435. The van der Waals surface area contributed by atoms with Gasteiger partial charge in [0.15, 0.2) is 0 Å². The summed E-state index contributed by atoms with van der Waals surface area (Å²) in [5, 5.41) is 5.83. The van der Waals surface area contributed by atoms with Gasteiger partial charge in [-0.1, -0.05) is 6.07 Å². The summed E-state index contributed by atoms with van der Waals surface area (Å²) < 4.78 is 0. The molecular weight excluding hydrogens is 366 g/mol. The Labute approximate surface area is 159 Å². The molecule has 0 atom stereocenters. The van der Waals surface area contributed by atoms with Crippen molar-refractivity contribution in [1.29, 1.82) is 0 Å². The topological polar surface area (TPSA) is 62.3 Å². The molecule has 0 fully saturated rings. The predicted octanol–water partition coefficient (Wildman–Crippen LogP) is 4.34. The molecule has 3 aromatic rings. The number of aromatic nitrogens is 1. The van der Waals surface area contributed by atoms with E-state index in [1.54, 1.807) is 23.2 Å². The molecule has 1 aromatic carbocycles. The molecule has 4 rings (SSSR count). The van der Waals surface area contributed by atoms with Crippen LogP contribution < -0.4 is 10.2 Å². The van der Waals surface area contributed by atoms with E-state index in [1.165, 1.54) is 11.3 Å². The van der Waals surface area contributed by atoms with Gasteiger partial charge in [-0.15, -0.1) is 22.7 Å². The average molecular weight is 383 g/mol. The van der Waals surface area contributed by atoms with Crippen molar-refractivity contribution in [2.45, 2.75) is 20.3 Å². The second-order valence-electron chi connectivity index (χ2n) is 6.13. The number of amides is 2. The molecule has 7 heteroatoms. The van der Waals surface area contributed by atoms with Gasteiger partial charge >= 0.3 is 0 Å². The van der Waals surface area contributed by atoms with E-state index in [4.69, 9.17) is 0 Å². The van der Waals surface area contributed by atoms with Crippen LogP contribution in [0.25, 0.3) is 9.88 Å². The van der Waals surface area contributed by atoms with Gasteiger partial charge in [0.2, 0.25) is 5.91 Å². The Morgan fingerprint density at radius 3 is 2.85 bits per heavy atom.